The molecule has 11 heteroatoms. The number of nitrogens with zero attached hydrogens (tertiary/aromatic N) is 3. The number of thioether (sulfide) groups is 1. The van der Waals surface area contributed by atoms with Crippen molar-refractivity contribution in [3.63, 3.8) is 0 Å². The predicted molar refractivity (Wildman–Crippen MR) is 184 cm³/mol. The Morgan fingerprint density at radius 1 is 1.02 bits per heavy atom. The molecule has 47 heavy (non-hydrogen) atoms. The van der Waals surface area contributed by atoms with E-state index < -0.39 is 17.7 Å². The molecule has 244 valence electrons. The molecule has 2 aliphatic heterocycles. The van der Waals surface area contributed by atoms with Crippen molar-refractivity contribution in [3.05, 3.63) is 94.6 Å². The van der Waals surface area contributed by atoms with Gasteiger partial charge in [0.15, 0.2) is 15.8 Å². The summed E-state index contributed by atoms with van der Waals surface area (Å²) in [4.78, 5) is 29.0. The molecule has 0 saturated carbocycles. The van der Waals surface area contributed by atoms with Crippen molar-refractivity contribution in [3.8, 4) is 17.2 Å². The molecule has 2 aliphatic rings. The van der Waals surface area contributed by atoms with Crippen molar-refractivity contribution < 1.29 is 28.9 Å². The number of hydrogen-bond donors (Lipinski definition) is 1. The molecule has 9 nitrogen and oxygen atoms in total. The lowest BCUT2D eigenvalue weighted by atomic mass is 9.94. The van der Waals surface area contributed by atoms with Crippen molar-refractivity contribution in [1.82, 2.24) is 10.2 Å². The van der Waals surface area contributed by atoms with Gasteiger partial charge in [0.1, 0.15) is 17.6 Å². The second kappa shape index (κ2) is 14.6. The largest absolute Gasteiger partial charge is 0.507 e. The first-order valence-electron chi connectivity index (χ1n) is 15.9. The fourth-order valence-corrected chi connectivity index (χ4v) is 7.59. The van der Waals surface area contributed by atoms with E-state index in [0.29, 0.717) is 52.4 Å². The average Bonchev–Trinajstić information content (AvgIpc) is 3.77. The first-order chi connectivity index (χ1) is 22.9. The summed E-state index contributed by atoms with van der Waals surface area (Å²) in [5.74, 6) is 0.637. The van der Waals surface area contributed by atoms with Gasteiger partial charge >= 0.3 is 5.91 Å². The van der Waals surface area contributed by atoms with Crippen molar-refractivity contribution in [2.75, 3.05) is 18.1 Å². The van der Waals surface area contributed by atoms with Crippen molar-refractivity contribution in [1.29, 1.82) is 0 Å². The zero-order chi connectivity index (χ0) is 32.9. The van der Waals surface area contributed by atoms with E-state index in [2.05, 4.69) is 17.1 Å². The summed E-state index contributed by atoms with van der Waals surface area (Å²) in [5, 5.41) is 20.7. The van der Waals surface area contributed by atoms with Gasteiger partial charge in [0.25, 0.3) is 5.78 Å². The Hall–Kier alpha value is -4.35. The zero-order valence-electron chi connectivity index (χ0n) is 26.6. The molecule has 0 radical (unpaired) electrons. The topological polar surface area (TPSA) is 111 Å². The summed E-state index contributed by atoms with van der Waals surface area (Å²) >= 11 is 2.73. The van der Waals surface area contributed by atoms with Crippen LogP contribution < -0.4 is 19.1 Å². The summed E-state index contributed by atoms with van der Waals surface area (Å²) in [6, 6.07) is 19.7. The number of ketones is 1. The number of fused-ring (bicyclic) bond motifs is 1. The molecule has 1 saturated heterocycles. The number of Topliss-reactive ketones (excluding diaryl/α,β-unsaturated/α-hetero) is 1. The molecule has 0 spiro atoms. The Morgan fingerprint density at radius 2 is 1.85 bits per heavy atom. The molecular formula is C36H37N3O6S2. The Labute approximate surface area is 282 Å². The number of benzene rings is 3. The number of aliphatic hydroxyl groups excluding tert-OH is 1. The number of carbonyl (C=O) groups is 2. The van der Waals surface area contributed by atoms with Gasteiger partial charge in [-0.15, -0.1) is 10.2 Å². The lowest BCUT2D eigenvalue weighted by Crippen LogP contribution is -2.29. The van der Waals surface area contributed by atoms with Crippen LogP contribution in [0.2, 0.25) is 0 Å². The van der Waals surface area contributed by atoms with Gasteiger partial charge in [-0.3, -0.25) is 14.5 Å². The standard InChI is InChI=1S/C36H37N3O6S2/c1-4-6-10-17-44-28-16-13-24(20-29(28)43-5-2)31-30(32(40)25-14-15-27-26(19-25)18-22(3)45-27)33(41)34(42)39(31)35-37-38-36(47-35)46-21-23-11-8-7-9-12-23/h7-9,11-16,19-20,22,31,40H,4-6,10,17-18,21H2,1-3H3/b32-30-. The third-order valence-electron chi connectivity index (χ3n) is 8.01. The van der Waals surface area contributed by atoms with Crippen LogP contribution >= 0.6 is 23.1 Å². The Kier molecular flexibility index (Phi) is 10.1. The quantitative estimate of drug-likeness (QED) is 0.0381. The monoisotopic (exact) mass is 671 g/mol. The van der Waals surface area contributed by atoms with E-state index in [-0.39, 0.29) is 22.6 Å². The fraction of sp³-hybridized carbons (Fsp3) is 0.333. The van der Waals surface area contributed by atoms with Gasteiger partial charge < -0.3 is 19.3 Å². The third-order valence-corrected chi connectivity index (χ3v) is 10.1. The van der Waals surface area contributed by atoms with Gasteiger partial charge in [-0.25, -0.2) is 0 Å². The molecule has 0 bridgehead atoms. The number of aliphatic hydroxyl groups is 1. The molecule has 0 aliphatic carbocycles. The van der Waals surface area contributed by atoms with E-state index in [0.717, 1.165) is 36.1 Å². The highest BCUT2D eigenvalue weighted by Gasteiger charge is 2.48. The summed E-state index contributed by atoms with van der Waals surface area (Å²) in [5.41, 5.74) is 3.03. The number of anilines is 1. The Bertz CT molecular complexity index is 1790. The molecule has 6 rings (SSSR count). The minimum absolute atomic E-state index is 0.0130. The van der Waals surface area contributed by atoms with E-state index in [9.17, 15) is 14.7 Å². The SMILES string of the molecule is CCCCCOc1ccc(C2/C(=C(/O)c3ccc4c(c3)CC(C)O4)C(=O)C(=O)N2c2nnc(SCc3ccccc3)s2)cc1OCC. The molecule has 3 heterocycles. The highest BCUT2D eigenvalue weighted by molar-refractivity contribution is 8.00. The fourth-order valence-electron chi connectivity index (χ4n) is 5.76. The van der Waals surface area contributed by atoms with Crippen LogP contribution in [0.5, 0.6) is 17.2 Å². The molecule has 2 atom stereocenters. The van der Waals surface area contributed by atoms with E-state index >= 15 is 0 Å². The number of ether oxygens (including phenoxy) is 3. The molecular weight excluding hydrogens is 635 g/mol. The van der Waals surface area contributed by atoms with Crippen LogP contribution in [0, 0.1) is 0 Å². The van der Waals surface area contributed by atoms with E-state index in [1.807, 2.05) is 50.2 Å². The van der Waals surface area contributed by atoms with Crippen LogP contribution in [-0.4, -0.2) is 46.3 Å². The first kappa shape index (κ1) is 32.6. The molecule has 3 aromatic carbocycles. The first-order valence-corrected chi connectivity index (χ1v) is 17.7. The molecule has 1 N–H and O–H groups in total. The van der Waals surface area contributed by atoms with Crippen molar-refractivity contribution in [2.24, 2.45) is 0 Å². The van der Waals surface area contributed by atoms with Crippen molar-refractivity contribution in [2.45, 2.75) is 68.7 Å². The Balaban J connectivity index is 1.40. The average molecular weight is 672 g/mol. The maximum Gasteiger partial charge on any atom is 0.301 e. The Morgan fingerprint density at radius 3 is 2.64 bits per heavy atom. The van der Waals surface area contributed by atoms with E-state index in [4.69, 9.17) is 14.2 Å². The minimum Gasteiger partial charge on any atom is -0.507 e. The second-order valence-electron chi connectivity index (χ2n) is 11.4. The summed E-state index contributed by atoms with van der Waals surface area (Å²) in [6.45, 7) is 6.93. The smallest absolute Gasteiger partial charge is 0.301 e. The van der Waals surface area contributed by atoms with Gasteiger partial charge in [-0.1, -0.05) is 79.3 Å². The normalized spacial score (nSPS) is 18.3. The van der Waals surface area contributed by atoms with E-state index in [1.54, 1.807) is 30.3 Å². The zero-order valence-corrected chi connectivity index (χ0v) is 28.2. The van der Waals surface area contributed by atoms with Crippen LogP contribution in [0.1, 0.15) is 68.3 Å². The second-order valence-corrected chi connectivity index (χ2v) is 13.6. The van der Waals surface area contributed by atoms with Crippen LogP contribution in [0.25, 0.3) is 5.76 Å². The molecule has 4 aromatic rings. The van der Waals surface area contributed by atoms with Gasteiger partial charge in [0.05, 0.1) is 24.8 Å². The molecule has 2 unspecified atom stereocenters. The number of carbonyl (C=O) groups excluding carboxylic acids is 2. The highest BCUT2D eigenvalue weighted by atomic mass is 32.2. The summed E-state index contributed by atoms with van der Waals surface area (Å²) in [7, 11) is 0. The van der Waals surface area contributed by atoms with Crippen LogP contribution in [-0.2, 0) is 21.8 Å². The van der Waals surface area contributed by atoms with Crippen LogP contribution in [0.15, 0.2) is 76.6 Å². The lowest BCUT2D eigenvalue weighted by molar-refractivity contribution is -0.132. The predicted octanol–water partition coefficient (Wildman–Crippen LogP) is 7.75. The molecule has 1 amide bonds. The number of hydrogen-bond acceptors (Lipinski definition) is 10. The van der Waals surface area contributed by atoms with Gasteiger partial charge in [-0.2, -0.15) is 0 Å². The maximum atomic E-state index is 13.8. The van der Waals surface area contributed by atoms with Gasteiger partial charge in [-0.05, 0) is 67.3 Å². The summed E-state index contributed by atoms with van der Waals surface area (Å²) in [6.07, 6.45) is 3.74. The molecule has 1 aromatic heterocycles. The van der Waals surface area contributed by atoms with Gasteiger partial charge in [0.2, 0.25) is 5.13 Å². The minimum atomic E-state index is -0.980. The van der Waals surface area contributed by atoms with Gasteiger partial charge in [0, 0.05) is 17.7 Å². The van der Waals surface area contributed by atoms with Crippen LogP contribution in [0.3, 0.4) is 0 Å². The number of amides is 1. The number of aromatic nitrogens is 2. The van der Waals surface area contributed by atoms with Crippen molar-refractivity contribution >= 4 is 45.7 Å². The van der Waals surface area contributed by atoms with Crippen LogP contribution in [0.4, 0.5) is 5.13 Å². The summed E-state index contributed by atoms with van der Waals surface area (Å²) < 4.78 is 18.5. The number of unbranched alkanes of at least 4 members (excludes halogenated alkanes) is 2. The number of rotatable bonds is 13. The van der Waals surface area contributed by atoms with E-state index in [1.165, 1.54) is 28.0 Å². The highest BCUT2D eigenvalue weighted by Crippen LogP contribution is 2.46. The molecule has 1 fully saturated rings. The lowest BCUT2D eigenvalue weighted by Gasteiger charge is -2.23. The third kappa shape index (κ3) is 7.01. The maximum absolute atomic E-state index is 13.8.